The zero-order valence-electron chi connectivity index (χ0n) is 16.8. The molecule has 2 heterocycles. The first-order chi connectivity index (χ1) is 14.1. The quantitative estimate of drug-likeness (QED) is 0.632. The number of hydrogen-bond donors (Lipinski definition) is 1. The third-order valence-electron chi connectivity index (χ3n) is 4.50. The van der Waals surface area contributed by atoms with Crippen LogP contribution in [-0.4, -0.2) is 48.6 Å². The van der Waals surface area contributed by atoms with Crippen LogP contribution in [0.2, 0.25) is 0 Å². The maximum atomic E-state index is 12.8. The van der Waals surface area contributed by atoms with Gasteiger partial charge in [0.15, 0.2) is 0 Å². The van der Waals surface area contributed by atoms with Gasteiger partial charge in [0, 0.05) is 43.9 Å². The van der Waals surface area contributed by atoms with Crippen LogP contribution in [0.3, 0.4) is 0 Å². The van der Waals surface area contributed by atoms with Crippen molar-refractivity contribution in [2.24, 2.45) is 0 Å². The Hall–Kier alpha value is -3.61. The lowest BCUT2D eigenvalue weighted by atomic mass is 10.2. The number of carbonyl (C=O) groups is 1. The van der Waals surface area contributed by atoms with Gasteiger partial charge in [-0.2, -0.15) is 0 Å². The van der Waals surface area contributed by atoms with E-state index in [2.05, 4.69) is 15.3 Å². The van der Waals surface area contributed by atoms with E-state index >= 15 is 0 Å². The van der Waals surface area contributed by atoms with Gasteiger partial charge in [-0.3, -0.25) is 14.8 Å². The standard InChI is InChI=1S/C22H24N4O3/c1-26(13-9-16-6-10-23-11-7-16)22(27)20-14-17(8-12-24-20)25-19-15-18(28-2)4-5-21(19)29-3/h4-8,10-12,14-15H,9,13H2,1-3H3,(H,24,25). The van der Waals surface area contributed by atoms with Gasteiger partial charge < -0.3 is 19.7 Å². The van der Waals surface area contributed by atoms with E-state index in [4.69, 9.17) is 9.47 Å². The topological polar surface area (TPSA) is 76.6 Å². The molecule has 0 atom stereocenters. The van der Waals surface area contributed by atoms with Gasteiger partial charge in [0.05, 0.1) is 19.9 Å². The number of methoxy groups -OCH3 is 2. The highest BCUT2D eigenvalue weighted by Crippen LogP contribution is 2.31. The Morgan fingerprint density at radius 2 is 1.83 bits per heavy atom. The van der Waals surface area contributed by atoms with Crippen molar-refractivity contribution in [2.45, 2.75) is 6.42 Å². The number of nitrogens with one attached hydrogen (secondary N) is 1. The van der Waals surface area contributed by atoms with Crippen molar-refractivity contribution < 1.29 is 14.3 Å². The molecular weight excluding hydrogens is 368 g/mol. The summed E-state index contributed by atoms with van der Waals surface area (Å²) in [5, 5.41) is 3.27. The number of aromatic nitrogens is 2. The molecule has 0 unspecified atom stereocenters. The van der Waals surface area contributed by atoms with E-state index in [1.807, 2.05) is 30.3 Å². The molecule has 7 heteroatoms. The molecule has 3 aromatic rings. The second kappa shape index (κ2) is 9.54. The minimum absolute atomic E-state index is 0.139. The number of likely N-dealkylation sites (N-methyl/N-ethyl adjacent to an activating group) is 1. The first-order valence-electron chi connectivity index (χ1n) is 9.20. The van der Waals surface area contributed by atoms with Crippen LogP contribution >= 0.6 is 0 Å². The molecule has 0 bridgehead atoms. The highest BCUT2D eigenvalue weighted by atomic mass is 16.5. The number of carbonyl (C=O) groups excluding carboxylic acids is 1. The molecule has 0 aliphatic heterocycles. The van der Waals surface area contributed by atoms with Crippen molar-refractivity contribution in [2.75, 3.05) is 33.1 Å². The minimum Gasteiger partial charge on any atom is -0.497 e. The fourth-order valence-corrected chi connectivity index (χ4v) is 2.84. The van der Waals surface area contributed by atoms with Gasteiger partial charge in [-0.15, -0.1) is 0 Å². The molecule has 0 fully saturated rings. The van der Waals surface area contributed by atoms with Crippen LogP contribution in [0.25, 0.3) is 0 Å². The first kappa shape index (κ1) is 20.1. The van der Waals surface area contributed by atoms with Crippen LogP contribution < -0.4 is 14.8 Å². The molecule has 1 N–H and O–H groups in total. The zero-order valence-corrected chi connectivity index (χ0v) is 16.8. The maximum Gasteiger partial charge on any atom is 0.272 e. The summed E-state index contributed by atoms with van der Waals surface area (Å²) in [5.74, 6) is 1.24. The van der Waals surface area contributed by atoms with Crippen molar-refractivity contribution in [3.63, 3.8) is 0 Å². The van der Waals surface area contributed by atoms with Crippen LogP contribution in [0.5, 0.6) is 11.5 Å². The van der Waals surface area contributed by atoms with Crippen molar-refractivity contribution in [3.05, 3.63) is 72.3 Å². The average molecular weight is 392 g/mol. The van der Waals surface area contributed by atoms with Gasteiger partial charge in [-0.25, -0.2) is 0 Å². The second-order valence-corrected chi connectivity index (χ2v) is 6.45. The molecule has 0 saturated heterocycles. The third-order valence-corrected chi connectivity index (χ3v) is 4.50. The van der Waals surface area contributed by atoms with Gasteiger partial charge in [0.25, 0.3) is 5.91 Å². The van der Waals surface area contributed by atoms with E-state index in [-0.39, 0.29) is 5.91 Å². The SMILES string of the molecule is COc1ccc(OC)c(Nc2ccnc(C(=O)N(C)CCc3ccncc3)c2)c1. The predicted octanol–water partition coefficient (Wildman–Crippen LogP) is 3.55. The molecule has 3 rings (SSSR count). The van der Waals surface area contributed by atoms with Crippen molar-refractivity contribution in [1.29, 1.82) is 0 Å². The van der Waals surface area contributed by atoms with Gasteiger partial charge in [0.1, 0.15) is 17.2 Å². The van der Waals surface area contributed by atoms with E-state index < -0.39 is 0 Å². The molecule has 0 radical (unpaired) electrons. The molecule has 0 aliphatic rings. The molecular formula is C22H24N4O3. The van der Waals surface area contributed by atoms with Gasteiger partial charge in [-0.05, 0) is 48.4 Å². The molecule has 2 aromatic heterocycles. The van der Waals surface area contributed by atoms with Crippen LogP contribution in [0.1, 0.15) is 16.1 Å². The van der Waals surface area contributed by atoms with E-state index in [1.165, 1.54) is 0 Å². The number of benzene rings is 1. The van der Waals surface area contributed by atoms with E-state index in [9.17, 15) is 4.79 Å². The van der Waals surface area contributed by atoms with Crippen LogP contribution in [0.15, 0.2) is 61.1 Å². The lowest BCUT2D eigenvalue weighted by molar-refractivity contribution is 0.0791. The number of ether oxygens (including phenoxy) is 2. The van der Waals surface area contributed by atoms with E-state index in [1.54, 1.807) is 56.9 Å². The summed E-state index contributed by atoms with van der Waals surface area (Å²) < 4.78 is 10.7. The summed E-state index contributed by atoms with van der Waals surface area (Å²) in [4.78, 5) is 22.7. The Morgan fingerprint density at radius 1 is 1.03 bits per heavy atom. The Kier molecular flexibility index (Phi) is 6.63. The number of rotatable bonds is 8. The van der Waals surface area contributed by atoms with E-state index in [0.29, 0.717) is 23.7 Å². The zero-order chi connectivity index (χ0) is 20.6. The largest absolute Gasteiger partial charge is 0.497 e. The number of amides is 1. The number of pyridine rings is 2. The van der Waals surface area contributed by atoms with Crippen molar-refractivity contribution in [1.82, 2.24) is 14.9 Å². The summed E-state index contributed by atoms with van der Waals surface area (Å²) in [7, 11) is 4.99. The Balaban J connectivity index is 1.71. The monoisotopic (exact) mass is 392 g/mol. The van der Waals surface area contributed by atoms with Crippen molar-refractivity contribution in [3.8, 4) is 11.5 Å². The average Bonchev–Trinajstić information content (AvgIpc) is 2.77. The highest BCUT2D eigenvalue weighted by molar-refractivity contribution is 5.93. The first-order valence-corrected chi connectivity index (χ1v) is 9.20. The lowest BCUT2D eigenvalue weighted by Crippen LogP contribution is -2.29. The summed E-state index contributed by atoms with van der Waals surface area (Å²) >= 11 is 0. The van der Waals surface area contributed by atoms with E-state index in [0.717, 1.165) is 23.4 Å². The normalized spacial score (nSPS) is 10.3. The molecule has 29 heavy (non-hydrogen) atoms. The highest BCUT2D eigenvalue weighted by Gasteiger charge is 2.14. The molecule has 150 valence electrons. The van der Waals surface area contributed by atoms with Gasteiger partial charge in [-0.1, -0.05) is 0 Å². The fourth-order valence-electron chi connectivity index (χ4n) is 2.84. The van der Waals surface area contributed by atoms with Gasteiger partial charge >= 0.3 is 0 Å². The van der Waals surface area contributed by atoms with Crippen LogP contribution in [-0.2, 0) is 6.42 Å². The molecule has 0 saturated carbocycles. The Labute approximate surface area is 170 Å². The Bertz CT molecular complexity index is 963. The molecule has 1 amide bonds. The smallest absolute Gasteiger partial charge is 0.272 e. The summed E-state index contributed by atoms with van der Waals surface area (Å²) in [6, 6.07) is 12.9. The summed E-state index contributed by atoms with van der Waals surface area (Å²) in [6.45, 7) is 0.589. The fraction of sp³-hybridized carbons (Fsp3) is 0.227. The van der Waals surface area contributed by atoms with Crippen LogP contribution in [0.4, 0.5) is 11.4 Å². The predicted molar refractivity (Wildman–Crippen MR) is 112 cm³/mol. The number of nitrogens with zero attached hydrogens (tertiary/aromatic N) is 3. The minimum atomic E-state index is -0.139. The number of anilines is 2. The third kappa shape index (κ3) is 5.22. The molecule has 7 nitrogen and oxygen atoms in total. The molecule has 1 aromatic carbocycles. The summed E-state index contributed by atoms with van der Waals surface area (Å²) in [5.41, 5.74) is 2.97. The summed E-state index contributed by atoms with van der Waals surface area (Å²) in [6.07, 6.45) is 5.87. The maximum absolute atomic E-state index is 12.8. The molecule has 0 aliphatic carbocycles. The van der Waals surface area contributed by atoms with Crippen LogP contribution in [0, 0.1) is 0 Å². The Morgan fingerprint density at radius 3 is 2.55 bits per heavy atom. The lowest BCUT2D eigenvalue weighted by Gasteiger charge is -2.17. The molecule has 0 spiro atoms. The van der Waals surface area contributed by atoms with Gasteiger partial charge in [0.2, 0.25) is 0 Å². The van der Waals surface area contributed by atoms with Crippen molar-refractivity contribution >= 4 is 17.3 Å². The number of hydrogen-bond acceptors (Lipinski definition) is 6. The second-order valence-electron chi connectivity index (χ2n) is 6.45.